The van der Waals surface area contributed by atoms with Crippen molar-refractivity contribution in [3.63, 3.8) is 0 Å². The topological polar surface area (TPSA) is 38.3 Å². The fraction of sp³-hybridized carbons (Fsp3) is 0.900. The number of rotatable bonds is 3. The van der Waals surface area contributed by atoms with Crippen LogP contribution in [0.1, 0.15) is 27.2 Å². The van der Waals surface area contributed by atoms with Gasteiger partial charge in [0.25, 0.3) is 0 Å². The molecule has 3 nitrogen and oxygen atoms in total. The summed E-state index contributed by atoms with van der Waals surface area (Å²) in [5.74, 6) is 0.892. The third kappa shape index (κ3) is 2.89. The third-order valence-corrected chi connectivity index (χ3v) is 3.82. The van der Waals surface area contributed by atoms with Crippen LogP contribution in [0, 0.1) is 0 Å². The second kappa shape index (κ2) is 4.53. The maximum absolute atomic E-state index is 11.4. The van der Waals surface area contributed by atoms with Crippen LogP contribution in [-0.4, -0.2) is 35.7 Å². The van der Waals surface area contributed by atoms with E-state index in [0.717, 1.165) is 12.2 Å². The third-order valence-electron chi connectivity index (χ3n) is 2.46. The number of ether oxygens (including phenoxy) is 1. The van der Waals surface area contributed by atoms with Crippen LogP contribution in [0.4, 0.5) is 0 Å². The molecule has 0 aliphatic carbocycles. The van der Waals surface area contributed by atoms with Gasteiger partial charge in [0.15, 0.2) is 0 Å². The van der Waals surface area contributed by atoms with E-state index >= 15 is 0 Å². The normalized spacial score (nSPS) is 27.7. The molecule has 1 heterocycles. The van der Waals surface area contributed by atoms with E-state index in [1.54, 1.807) is 0 Å². The molecule has 4 heteroatoms. The first-order valence-electron chi connectivity index (χ1n) is 4.93. The molecule has 0 aromatic heterocycles. The summed E-state index contributed by atoms with van der Waals surface area (Å²) < 4.78 is 4.74. The average Bonchev–Trinajstić information content (AvgIpc) is 2.48. The molecule has 0 aromatic rings. The van der Waals surface area contributed by atoms with Gasteiger partial charge in [-0.3, -0.25) is 10.1 Å². The van der Waals surface area contributed by atoms with Crippen molar-refractivity contribution in [3.05, 3.63) is 0 Å². The Kier molecular flexibility index (Phi) is 3.84. The molecule has 0 aromatic carbocycles. The maximum Gasteiger partial charge on any atom is 0.325 e. The summed E-state index contributed by atoms with van der Waals surface area (Å²) in [5, 5.41) is 4.04. The van der Waals surface area contributed by atoms with Gasteiger partial charge in [-0.1, -0.05) is 6.92 Å². The second-order valence-electron chi connectivity index (χ2n) is 4.34. The predicted octanol–water partition coefficient (Wildman–Crippen LogP) is 1.42. The van der Waals surface area contributed by atoms with Gasteiger partial charge in [-0.2, -0.15) is 11.8 Å². The van der Waals surface area contributed by atoms with Gasteiger partial charge in [0.2, 0.25) is 0 Å². The molecule has 1 aliphatic rings. The van der Waals surface area contributed by atoms with Crippen molar-refractivity contribution in [2.24, 2.45) is 0 Å². The van der Waals surface area contributed by atoms with Crippen molar-refractivity contribution in [2.45, 2.75) is 44.0 Å². The molecule has 0 spiro atoms. The summed E-state index contributed by atoms with van der Waals surface area (Å²) in [6.45, 7) is 5.95. The first kappa shape index (κ1) is 11.9. The van der Waals surface area contributed by atoms with Crippen molar-refractivity contribution < 1.29 is 9.53 Å². The Labute approximate surface area is 90.0 Å². The van der Waals surface area contributed by atoms with Crippen LogP contribution in [0.2, 0.25) is 0 Å². The molecule has 1 saturated heterocycles. The van der Waals surface area contributed by atoms with E-state index in [0.29, 0.717) is 11.3 Å². The van der Waals surface area contributed by atoms with E-state index < -0.39 is 5.54 Å². The van der Waals surface area contributed by atoms with Gasteiger partial charge in [-0.05, 0) is 20.3 Å². The Hall–Kier alpha value is -0.220. The number of nitrogens with one attached hydrogen (secondary N) is 1. The monoisotopic (exact) mass is 217 g/mol. The molecule has 2 unspecified atom stereocenters. The van der Waals surface area contributed by atoms with Gasteiger partial charge in [-0.15, -0.1) is 0 Å². The molecule has 0 bridgehead atoms. The highest BCUT2D eigenvalue weighted by Crippen LogP contribution is 2.27. The number of thioether (sulfide) groups is 1. The fourth-order valence-corrected chi connectivity index (χ4v) is 2.89. The number of carbonyl (C=O) groups excluding carboxylic acids is 1. The Morgan fingerprint density at radius 2 is 2.21 bits per heavy atom. The van der Waals surface area contributed by atoms with Gasteiger partial charge >= 0.3 is 5.97 Å². The summed E-state index contributed by atoms with van der Waals surface area (Å²) >= 11 is 1.95. The Bertz CT molecular complexity index is 218. The van der Waals surface area contributed by atoms with Crippen molar-refractivity contribution in [3.8, 4) is 0 Å². The average molecular weight is 217 g/mol. The van der Waals surface area contributed by atoms with E-state index in [2.05, 4.69) is 12.2 Å². The summed E-state index contributed by atoms with van der Waals surface area (Å²) in [7, 11) is 1.43. The van der Waals surface area contributed by atoms with E-state index in [1.165, 1.54) is 7.11 Å². The molecular weight excluding hydrogens is 198 g/mol. The minimum Gasteiger partial charge on any atom is -0.468 e. The number of carbonyl (C=O) groups is 1. The lowest BCUT2D eigenvalue weighted by molar-refractivity contribution is -0.147. The van der Waals surface area contributed by atoms with E-state index in [1.807, 2.05) is 25.6 Å². The molecule has 1 rings (SSSR count). The van der Waals surface area contributed by atoms with E-state index in [-0.39, 0.29) is 5.97 Å². The number of esters is 1. The van der Waals surface area contributed by atoms with Crippen molar-refractivity contribution >= 4 is 17.7 Å². The quantitative estimate of drug-likeness (QED) is 0.726. The van der Waals surface area contributed by atoms with Crippen LogP contribution in [0.15, 0.2) is 0 Å². The number of methoxy groups -OCH3 is 1. The molecule has 1 aliphatic heterocycles. The summed E-state index contributed by atoms with van der Waals surface area (Å²) in [6, 6.07) is 0.434. The SMILES string of the molecule is COC(=O)C(C)(C)NC1CSC(C)C1. The van der Waals surface area contributed by atoms with Crippen LogP contribution < -0.4 is 5.32 Å². The zero-order valence-corrected chi connectivity index (χ0v) is 10.1. The molecule has 0 radical (unpaired) electrons. The lowest BCUT2D eigenvalue weighted by atomic mass is 10.0. The minimum absolute atomic E-state index is 0.193. The Balaban J connectivity index is 2.46. The standard InChI is InChI=1S/C10H19NO2S/c1-7-5-8(6-14-7)11-10(2,3)9(12)13-4/h7-8,11H,5-6H2,1-4H3. The molecule has 2 atom stereocenters. The zero-order chi connectivity index (χ0) is 10.8. The van der Waals surface area contributed by atoms with E-state index in [4.69, 9.17) is 4.74 Å². The predicted molar refractivity (Wildman–Crippen MR) is 59.6 cm³/mol. The van der Waals surface area contributed by atoms with Gasteiger partial charge in [-0.25, -0.2) is 0 Å². The highest BCUT2D eigenvalue weighted by atomic mass is 32.2. The first-order chi connectivity index (χ1) is 6.45. The molecule has 0 amide bonds. The van der Waals surface area contributed by atoms with Gasteiger partial charge in [0, 0.05) is 17.0 Å². The van der Waals surface area contributed by atoms with Crippen LogP contribution >= 0.6 is 11.8 Å². The van der Waals surface area contributed by atoms with Crippen LogP contribution in [0.25, 0.3) is 0 Å². The smallest absolute Gasteiger partial charge is 0.325 e. The van der Waals surface area contributed by atoms with Crippen molar-refractivity contribution in [1.82, 2.24) is 5.32 Å². The Morgan fingerprint density at radius 1 is 1.57 bits per heavy atom. The van der Waals surface area contributed by atoms with Crippen LogP contribution in [0.5, 0.6) is 0 Å². The van der Waals surface area contributed by atoms with Crippen molar-refractivity contribution in [2.75, 3.05) is 12.9 Å². The number of hydrogen-bond donors (Lipinski definition) is 1. The molecule has 14 heavy (non-hydrogen) atoms. The van der Waals surface area contributed by atoms with E-state index in [9.17, 15) is 4.79 Å². The molecular formula is C10H19NO2S. The highest BCUT2D eigenvalue weighted by molar-refractivity contribution is 8.00. The molecule has 82 valence electrons. The van der Waals surface area contributed by atoms with Gasteiger partial charge < -0.3 is 4.74 Å². The summed E-state index contributed by atoms with van der Waals surface area (Å²) in [4.78, 5) is 11.4. The zero-order valence-electron chi connectivity index (χ0n) is 9.29. The Morgan fingerprint density at radius 3 is 2.64 bits per heavy atom. The molecule has 0 saturated carbocycles. The maximum atomic E-state index is 11.4. The largest absolute Gasteiger partial charge is 0.468 e. The second-order valence-corrected chi connectivity index (χ2v) is 5.81. The lowest BCUT2D eigenvalue weighted by Gasteiger charge is -2.26. The fourth-order valence-electron chi connectivity index (χ4n) is 1.74. The molecule has 1 fully saturated rings. The summed E-state index contributed by atoms with van der Waals surface area (Å²) in [5.41, 5.74) is -0.565. The van der Waals surface area contributed by atoms with Crippen LogP contribution in [0.3, 0.4) is 0 Å². The number of hydrogen-bond acceptors (Lipinski definition) is 4. The van der Waals surface area contributed by atoms with Gasteiger partial charge in [0.05, 0.1) is 7.11 Å². The van der Waals surface area contributed by atoms with Crippen molar-refractivity contribution in [1.29, 1.82) is 0 Å². The minimum atomic E-state index is -0.565. The molecule has 1 N–H and O–H groups in total. The lowest BCUT2D eigenvalue weighted by Crippen LogP contribution is -2.52. The van der Waals surface area contributed by atoms with Crippen LogP contribution in [-0.2, 0) is 9.53 Å². The summed E-state index contributed by atoms with van der Waals surface area (Å²) in [6.07, 6.45) is 1.13. The first-order valence-corrected chi connectivity index (χ1v) is 5.98. The highest BCUT2D eigenvalue weighted by Gasteiger charge is 2.33. The van der Waals surface area contributed by atoms with Gasteiger partial charge in [0.1, 0.15) is 5.54 Å².